The molecule has 0 spiro atoms. The van der Waals surface area contributed by atoms with Crippen LogP contribution < -0.4 is 25.5 Å². The van der Waals surface area contributed by atoms with Crippen molar-refractivity contribution in [2.24, 2.45) is 0 Å². The van der Waals surface area contributed by atoms with E-state index < -0.39 is 42.7 Å². The van der Waals surface area contributed by atoms with Crippen molar-refractivity contribution in [3.05, 3.63) is 127 Å². The predicted octanol–water partition coefficient (Wildman–Crippen LogP) is 12.6. The Bertz CT molecular complexity index is 3070. The lowest BCUT2D eigenvalue weighted by atomic mass is 9.49. The van der Waals surface area contributed by atoms with Crippen molar-refractivity contribution in [2.45, 2.75) is 131 Å². The van der Waals surface area contributed by atoms with E-state index in [0.29, 0.717) is 18.2 Å². The highest BCUT2D eigenvalue weighted by atomic mass is 16.7. The number of pyridine rings is 2. The van der Waals surface area contributed by atoms with E-state index in [1.807, 2.05) is 18.5 Å². The summed E-state index contributed by atoms with van der Waals surface area (Å²) in [6.07, 6.45) is 5.55. The van der Waals surface area contributed by atoms with E-state index in [1.54, 1.807) is 6.20 Å². The molecule has 7 aromatic rings. The average molecular weight is 975 g/mol. The minimum atomic E-state index is -0.755. The van der Waals surface area contributed by atoms with Crippen molar-refractivity contribution in [1.82, 2.24) is 14.5 Å². The number of hydrogen-bond acceptors (Lipinski definition) is 11. The summed E-state index contributed by atoms with van der Waals surface area (Å²) < 4.78 is 49.1. The van der Waals surface area contributed by atoms with Crippen LogP contribution in [0.3, 0.4) is 0 Å². The number of rotatable bonds is 7. The molecule has 0 bridgehead atoms. The molecule has 0 N–H and O–H groups in total. The Morgan fingerprint density at radius 1 is 0.479 bits per heavy atom. The number of benzene rings is 4. The molecule has 10 rings (SSSR count). The number of para-hydroxylation sites is 3. The molecular formula is C55H67B6N5O7. The van der Waals surface area contributed by atoms with Gasteiger partial charge in [0.2, 0.25) is 0 Å². The summed E-state index contributed by atoms with van der Waals surface area (Å²) in [7, 11) is -3.65. The van der Waals surface area contributed by atoms with Crippen LogP contribution in [0.25, 0.3) is 27.6 Å². The normalized spacial score (nSPS) is 16.4. The highest BCUT2D eigenvalue weighted by Gasteiger charge is 2.53. The maximum Gasteiger partial charge on any atom is 0.466 e. The summed E-state index contributed by atoms with van der Waals surface area (Å²) in [6.45, 7) is 32.6. The fourth-order valence-electron chi connectivity index (χ4n) is 9.57. The second-order valence-corrected chi connectivity index (χ2v) is 25.3. The molecule has 3 aliphatic heterocycles. The van der Waals surface area contributed by atoms with E-state index in [-0.39, 0.29) is 26.7 Å². The maximum atomic E-state index is 6.77. The van der Waals surface area contributed by atoms with Crippen molar-refractivity contribution in [1.29, 1.82) is 0 Å². The van der Waals surface area contributed by atoms with Crippen molar-refractivity contribution in [3.63, 3.8) is 0 Å². The van der Waals surface area contributed by atoms with E-state index in [4.69, 9.17) is 42.1 Å². The van der Waals surface area contributed by atoms with Gasteiger partial charge in [0, 0.05) is 34.8 Å². The van der Waals surface area contributed by atoms with Crippen molar-refractivity contribution in [2.75, 3.05) is 16.5 Å². The van der Waals surface area contributed by atoms with Crippen LogP contribution in [0.4, 0.5) is 22.7 Å². The second-order valence-electron chi connectivity index (χ2n) is 25.3. The first-order valence-corrected chi connectivity index (χ1v) is 25.6. The standard InChI is InChI=1S/C55H67B6N5O7/c1-51(2,3)37-26-27-63-50(28-37)66-46-21-17-16-20-44(46)45-25-24-42(33-49(45)66)67-43-32-41(34-62-35-43)65-36-64(47-22-18-19-23-48(47)65)40-30-38(56-68-58(52(4,5)6)72-59(69-56)53(7,8)9)29-39(31-40)57-70-60(54(10,11)12)73-61(71-57)55(13,14)15/h16-35H,36H2,1-15H3. The molecule has 73 heavy (non-hydrogen) atoms. The molecule has 3 aromatic heterocycles. The molecule has 2 fully saturated rings. The molecule has 6 heterocycles. The molecule has 12 nitrogen and oxygen atoms in total. The lowest BCUT2D eigenvalue weighted by molar-refractivity contribution is 0.250. The summed E-state index contributed by atoms with van der Waals surface area (Å²) >= 11 is 0. The van der Waals surface area contributed by atoms with Crippen LogP contribution in [0, 0.1) is 0 Å². The zero-order valence-corrected chi connectivity index (χ0v) is 45.3. The topological polar surface area (TPSA) is 102 Å². The van der Waals surface area contributed by atoms with E-state index in [1.165, 1.54) is 5.56 Å². The summed E-state index contributed by atoms with van der Waals surface area (Å²) in [4.78, 5) is 14.2. The third kappa shape index (κ3) is 10.4. The number of anilines is 4. The van der Waals surface area contributed by atoms with Gasteiger partial charge < -0.3 is 42.0 Å². The third-order valence-corrected chi connectivity index (χ3v) is 13.6. The fraction of sp³-hybridized carbons (Fsp3) is 0.382. The highest BCUT2D eigenvalue weighted by molar-refractivity contribution is 6.83. The minimum Gasteiger partial charge on any atom is -0.456 e. The van der Waals surface area contributed by atoms with Crippen LogP contribution in [0.5, 0.6) is 11.5 Å². The van der Waals surface area contributed by atoms with Gasteiger partial charge in [-0.2, -0.15) is 0 Å². The monoisotopic (exact) mass is 976 g/mol. The minimum absolute atomic E-state index is 0.0373. The van der Waals surface area contributed by atoms with E-state index >= 15 is 0 Å². The zero-order valence-electron chi connectivity index (χ0n) is 45.3. The molecule has 0 amide bonds. The molecule has 2 saturated heterocycles. The molecule has 0 radical (unpaired) electrons. The van der Waals surface area contributed by atoms with Gasteiger partial charge in [-0.3, -0.25) is 9.55 Å². The lowest BCUT2D eigenvalue weighted by Gasteiger charge is -2.42. The van der Waals surface area contributed by atoms with E-state index in [0.717, 1.165) is 61.3 Å². The van der Waals surface area contributed by atoms with Crippen LogP contribution in [-0.2, 0) is 32.8 Å². The van der Waals surface area contributed by atoms with Crippen LogP contribution in [0.15, 0.2) is 122 Å². The quantitative estimate of drug-likeness (QED) is 0.143. The van der Waals surface area contributed by atoms with Gasteiger partial charge in [-0.15, -0.1) is 0 Å². The van der Waals surface area contributed by atoms with Gasteiger partial charge in [-0.1, -0.05) is 140 Å². The van der Waals surface area contributed by atoms with Gasteiger partial charge in [0.25, 0.3) is 0 Å². The second kappa shape index (κ2) is 18.7. The van der Waals surface area contributed by atoms with Gasteiger partial charge in [0.05, 0.1) is 40.5 Å². The first-order chi connectivity index (χ1) is 34.3. The molecule has 0 unspecified atom stereocenters. The molecular weight excluding hydrogens is 908 g/mol. The Kier molecular flexibility index (Phi) is 13.1. The lowest BCUT2D eigenvalue weighted by Crippen LogP contribution is -2.61. The first kappa shape index (κ1) is 51.0. The first-order valence-electron chi connectivity index (χ1n) is 25.6. The van der Waals surface area contributed by atoms with Gasteiger partial charge in [0.15, 0.2) is 0 Å². The van der Waals surface area contributed by atoms with Gasteiger partial charge >= 0.3 is 42.7 Å². The molecule has 372 valence electrons. The summed E-state index contributed by atoms with van der Waals surface area (Å²) in [5, 5.41) is 0.947. The van der Waals surface area contributed by atoms with Crippen LogP contribution in [-0.4, -0.2) is 63.9 Å². The van der Waals surface area contributed by atoms with Crippen molar-refractivity contribution < 1.29 is 32.2 Å². The SMILES string of the molecule is CC(C)(C)B1OB(c2cc(B3OB(C(C)(C)C)OB(C(C)(C)C)O3)cc(N3CN(c4cncc(Oc5ccc6c7ccccc7n(-c7cc(C(C)(C)C)ccn7)c6c5)c4)c4ccccc43)c2)OB(C(C)(C)C)O1. The Balaban J connectivity index is 1.02. The van der Waals surface area contributed by atoms with Crippen molar-refractivity contribution >= 4 is 98.2 Å². The molecule has 0 aliphatic carbocycles. The summed E-state index contributed by atoms with van der Waals surface area (Å²) in [6, 6.07) is 35.9. The van der Waals surface area contributed by atoms with Gasteiger partial charge in [0.1, 0.15) is 24.0 Å². The summed E-state index contributed by atoms with van der Waals surface area (Å²) in [5.74, 6) is 2.16. The predicted molar refractivity (Wildman–Crippen MR) is 303 cm³/mol. The van der Waals surface area contributed by atoms with Gasteiger partial charge in [-0.05, 0) is 97.8 Å². The number of fused-ring (bicyclic) bond motifs is 4. The number of hydrogen-bond donors (Lipinski definition) is 0. The number of ether oxygens (including phenoxy) is 1. The average Bonchev–Trinajstić information content (AvgIpc) is 3.89. The van der Waals surface area contributed by atoms with E-state index in [9.17, 15) is 0 Å². The Hall–Kier alpha value is -5.47. The van der Waals surface area contributed by atoms with Crippen LogP contribution in [0.2, 0.25) is 21.3 Å². The Morgan fingerprint density at radius 2 is 1.00 bits per heavy atom. The molecule has 0 saturated carbocycles. The molecule has 3 aliphatic rings. The molecule has 4 aromatic carbocycles. The number of nitrogens with zero attached hydrogens (tertiary/aromatic N) is 5. The van der Waals surface area contributed by atoms with E-state index in [2.05, 4.69) is 215 Å². The van der Waals surface area contributed by atoms with Crippen LogP contribution in [0.1, 0.15) is 109 Å². The zero-order chi connectivity index (χ0) is 52.0. The third-order valence-electron chi connectivity index (χ3n) is 13.6. The van der Waals surface area contributed by atoms with Gasteiger partial charge in [-0.25, -0.2) is 4.98 Å². The Labute approximate surface area is 434 Å². The Morgan fingerprint density at radius 3 is 1.55 bits per heavy atom. The molecule has 18 heteroatoms. The molecule has 0 atom stereocenters. The van der Waals surface area contributed by atoms with Crippen molar-refractivity contribution in [3.8, 4) is 17.3 Å². The smallest absolute Gasteiger partial charge is 0.456 e. The largest absolute Gasteiger partial charge is 0.466 e. The highest BCUT2D eigenvalue weighted by Crippen LogP contribution is 2.46. The maximum absolute atomic E-state index is 6.77. The van der Waals surface area contributed by atoms with Crippen LogP contribution >= 0.6 is 0 Å². The summed E-state index contributed by atoms with van der Waals surface area (Å²) in [5.41, 5.74) is 8.71. The number of aromatic nitrogens is 3. The fourth-order valence-corrected chi connectivity index (χ4v) is 9.57.